The van der Waals surface area contributed by atoms with E-state index in [1.54, 1.807) is 25.9 Å². The Kier molecular flexibility index (Phi) is 39.5. The largest absolute Gasteiger partial charge is 0.379 e. The highest BCUT2D eigenvalue weighted by Gasteiger charge is 2.46. The number of ketones is 1. The predicted molar refractivity (Wildman–Crippen MR) is 425 cm³/mol. The van der Waals surface area contributed by atoms with Crippen LogP contribution in [-0.2, 0) is 62.2 Å². The predicted octanol–water partition coefficient (Wildman–Crippen LogP) is 4.19. The van der Waals surface area contributed by atoms with E-state index in [1.807, 2.05) is 34.6 Å². The van der Waals surface area contributed by atoms with Crippen LogP contribution in [0.15, 0.2) is 0 Å². The Balaban J connectivity index is 1.18. The highest BCUT2D eigenvalue weighted by Crippen LogP contribution is 2.47. The Labute approximate surface area is 657 Å². The molecule has 2 bridgehead atoms. The highest BCUT2D eigenvalue weighted by molar-refractivity contribution is 5.97. The van der Waals surface area contributed by atoms with Gasteiger partial charge in [0.25, 0.3) is 0 Å². The maximum atomic E-state index is 15.8. The number of nitrogens with zero attached hydrogens (tertiary/aromatic N) is 3. The van der Waals surface area contributed by atoms with E-state index in [9.17, 15) is 28.8 Å². The van der Waals surface area contributed by atoms with E-state index in [1.165, 1.54) is 24.2 Å². The summed E-state index contributed by atoms with van der Waals surface area (Å²) in [7, 11) is 3.31. The maximum Gasteiger partial charge on any atom is 0.245 e. The number of hydrogen-bond donors (Lipinski definition) is 12. The average Bonchev–Trinajstić information content (AvgIpc) is 0.859. The highest BCUT2D eigenvalue weighted by atomic mass is 16.5. The minimum atomic E-state index is -1.32. The third-order valence-corrected chi connectivity index (χ3v) is 25.3. The molecular weight excluding hydrogens is 1400 g/mol. The minimum Gasteiger partial charge on any atom is -0.379 e. The van der Waals surface area contributed by atoms with Crippen LogP contribution in [0.1, 0.15) is 235 Å². The van der Waals surface area contributed by atoms with Crippen molar-refractivity contribution >= 4 is 58.9 Å². The zero-order valence-electron chi connectivity index (χ0n) is 68.7. The van der Waals surface area contributed by atoms with Crippen molar-refractivity contribution in [2.75, 3.05) is 92.9 Å². The summed E-state index contributed by atoms with van der Waals surface area (Å²) in [4.78, 5) is 155. The molecule has 4 aliphatic carbocycles. The van der Waals surface area contributed by atoms with Crippen molar-refractivity contribution in [3.05, 3.63) is 0 Å². The van der Waals surface area contributed by atoms with Gasteiger partial charge in [-0.15, -0.1) is 0 Å². The number of rotatable bonds is 29. The lowest BCUT2D eigenvalue weighted by molar-refractivity contribution is -0.147. The number of amides is 9. The summed E-state index contributed by atoms with van der Waals surface area (Å²) in [6, 6.07) is -9.38. The van der Waals surface area contributed by atoms with Gasteiger partial charge in [-0.1, -0.05) is 118 Å². The van der Waals surface area contributed by atoms with Gasteiger partial charge >= 0.3 is 0 Å². The van der Waals surface area contributed by atoms with E-state index in [-0.39, 0.29) is 99.6 Å². The Hall–Kier alpha value is -5.46. The van der Waals surface area contributed by atoms with Crippen molar-refractivity contribution in [3.63, 3.8) is 0 Å². The molecule has 0 aromatic carbocycles. The molecule has 0 aromatic rings. The molecule has 19 atom stereocenters. The van der Waals surface area contributed by atoms with Gasteiger partial charge in [-0.3, -0.25) is 52.8 Å². The van der Waals surface area contributed by atoms with Crippen LogP contribution < -0.4 is 65.5 Å². The van der Waals surface area contributed by atoms with E-state index < -0.39 is 126 Å². The van der Waals surface area contributed by atoms with Gasteiger partial charge in [0.15, 0.2) is 5.78 Å². The molecule has 3 heterocycles. The van der Waals surface area contributed by atoms with Gasteiger partial charge < -0.3 is 89.5 Å². The summed E-state index contributed by atoms with van der Waals surface area (Å²) in [5.74, 6) is -6.14. The summed E-state index contributed by atoms with van der Waals surface area (Å²) in [6.07, 6.45) is 21.0. The summed E-state index contributed by atoms with van der Waals surface area (Å²) in [6.45, 7) is 15.8. The van der Waals surface area contributed by atoms with E-state index in [0.29, 0.717) is 115 Å². The molecule has 16 N–H and O–H groups in total. The lowest BCUT2D eigenvalue weighted by Crippen LogP contribution is -2.66. The smallest absolute Gasteiger partial charge is 0.245 e. The second-order valence-electron chi connectivity index (χ2n) is 34.6. The van der Waals surface area contributed by atoms with Gasteiger partial charge in [-0.2, -0.15) is 0 Å². The van der Waals surface area contributed by atoms with Crippen LogP contribution in [0.5, 0.6) is 0 Å². The Bertz CT molecular complexity index is 2870. The summed E-state index contributed by atoms with van der Waals surface area (Å²) >= 11 is 0. The fraction of sp³-hybridized carbons (Fsp3) is 0.878. The van der Waals surface area contributed by atoms with Crippen molar-refractivity contribution in [1.82, 2.24) is 57.2 Å². The SMILES string of the molecule is CCCCCC[C@H]1OC[C@@H](C)NC(=O)C(CN2CC(CN)C2CCC[C@H]2C(=O)C[C@@H](C3CCCCCC3)C(=O)NC(CN)C(=O)N[C@@H](COCCCNCCCN)C(=O)N[C@H](C)CO[C@H](C[C@@H]3C[C@@H]4CC[C@@H](C4)C3)[C@@H](C)C(=O)N2C)NC(=O)[C@H](CN)NC(=O)[C@H](C2CCCCC2)NC(=O)[C@H](CC(C)C)N(C)C(=O)[C@@H]1C. The molecule has 3 saturated heterocycles. The molecular formula is C82H147N15O13. The quantitative estimate of drug-likeness (QED) is 0.0369. The second kappa shape index (κ2) is 47.4. The summed E-state index contributed by atoms with van der Waals surface area (Å²) in [5, 5.41) is 24.2. The Morgan fingerprint density at radius 2 is 1.07 bits per heavy atom. The number of ether oxygens (including phenoxy) is 3. The molecule has 4 unspecified atom stereocenters. The van der Waals surface area contributed by atoms with E-state index in [4.69, 9.17) is 37.1 Å². The van der Waals surface area contributed by atoms with Gasteiger partial charge in [0.2, 0.25) is 53.2 Å². The number of fused-ring (bicyclic) bond motifs is 2. The van der Waals surface area contributed by atoms with Gasteiger partial charge in [-0.25, -0.2) is 0 Å². The van der Waals surface area contributed by atoms with Crippen molar-refractivity contribution in [3.8, 4) is 0 Å². The fourth-order valence-electron chi connectivity index (χ4n) is 18.6. The molecule has 628 valence electrons. The van der Waals surface area contributed by atoms with Crippen molar-refractivity contribution < 1.29 is 62.2 Å². The van der Waals surface area contributed by atoms with E-state index in [2.05, 4.69) is 54.4 Å². The fourth-order valence-corrected chi connectivity index (χ4v) is 18.6. The first-order valence-electron chi connectivity index (χ1n) is 43.0. The first kappa shape index (κ1) is 91.7. The molecule has 9 amide bonds. The summed E-state index contributed by atoms with van der Waals surface area (Å²) in [5.41, 5.74) is 25.0. The van der Waals surface area contributed by atoms with Gasteiger partial charge in [-0.05, 0) is 178 Å². The van der Waals surface area contributed by atoms with Crippen LogP contribution in [-0.4, -0.2) is 239 Å². The summed E-state index contributed by atoms with van der Waals surface area (Å²) < 4.78 is 19.5. The number of carbonyl (C=O) groups is 10. The third-order valence-electron chi connectivity index (χ3n) is 25.3. The Morgan fingerprint density at radius 3 is 1.67 bits per heavy atom. The lowest BCUT2D eigenvalue weighted by Gasteiger charge is -2.49. The monoisotopic (exact) mass is 1550 g/mol. The third kappa shape index (κ3) is 27.9. The van der Waals surface area contributed by atoms with Crippen molar-refractivity contribution in [2.45, 2.75) is 307 Å². The molecule has 7 fully saturated rings. The van der Waals surface area contributed by atoms with Gasteiger partial charge in [0.1, 0.15) is 36.3 Å². The molecule has 28 heteroatoms. The van der Waals surface area contributed by atoms with Gasteiger partial charge in [0, 0.05) is 77.3 Å². The molecule has 28 nitrogen and oxygen atoms in total. The first-order valence-corrected chi connectivity index (χ1v) is 43.0. The number of nitrogens with two attached hydrogens (primary N) is 4. The first-order chi connectivity index (χ1) is 52.8. The van der Waals surface area contributed by atoms with Crippen LogP contribution in [0, 0.1) is 59.2 Å². The number of nitrogens with one attached hydrogen (secondary N) is 8. The standard InChI is InChI=1S/C82H147N15O13/c1-10-11-12-20-30-71-54(6)81(106)96(9)69(37-51(2)3)79(104)94-73(60-26-18-15-19-27-60)80(105)91-64(45-86)75(100)92-65(77(102)88-52(4)48-109-71)47-97-46-61(43-84)67(97)28-21-29-68-70(98)42-62(59-24-16-13-14-17-25-59)74(99)90-63(44-85)76(101)93-66(50-108-36-23-35-87-34-22-33-83)78(103)89-53(5)49-110-72(55(7)82(107)95(68)8)41-58-39-56-31-32-57(38-56)40-58/h51-69,71-73,87H,10-50,83-86H2,1-9H3,(H,88,102)(H,89,103)(H,90,99)(H,91,105)(H,92,100)(H,93,101)(H,94,104)/t52-,53-,54-,55-,56-,57+,58-,61?,62+,63?,64+,65?,66+,67?,68+,69+,71-,72-,73+/m1/s1. The number of likely N-dealkylation sites (N-methyl/N-ethyl adjacent to an activating group) is 2. The molecule has 0 spiro atoms. The number of Topliss-reactive ketones (excluding diaryl/α,β-unsaturated/α-hetero) is 1. The zero-order chi connectivity index (χ0) is 80.0. The maximum absolute atomic E-state index is 15.8. The van der Waals surface area contributed by atoms with Crippen LogP contribution >= 0.6 is 0 Å². The molecule has 7 rings (SSSR count). The normalized spacial score (nSPS) is 33.2. The van der Waals surface area contributed by atoms with E-state index >= 15 is 19.2 Å². The van der Waals surface area contributed by atoms with Gasteiger partial charge in [0.05, 0.1) is 49.9 Å². The van der Waals surface area contributed by atoms with Crippen LogP contribution in [0.3, 0.4) is 0 Å². The van der Waals surface area contributed by atoms with Crippen LogP contribution in [0.25, 0.3) is 0 Å². The molecule has 0 radical (unpaired) electrons. The van der Waals surface area contributed by atoms with Crippen molar-refractivity contribution in [1.29, 1.82) is 0 Å². The number of hydrogen-bond acceptors (Lipinski definition) is 19. The average molecular weight is 1550 g/mol. The molecule has 3 aliphatic heterocycles. The van der Waals surface area contributed by atoms with Crippen LogP contribution in [0.4, 0.5) is 0 Å². The zero-order valence-corrected chi connectivity index (χ0v) is 68.7. The minimum absolute atomic E-state index is 0.00772. The molecule has 110 heavy (non-hydrogen) atoms. The molecule has 4 saturated carbocycles. The Morgan fingerprint density at radius 1 is 0.527 bits per heavy atom. The molecule has 7 aliphatic rings. The number of carbonyl (C=O) groups excluding carboxylic acids is 10. The van der Waals surface area contributed by atoms with Crippen molar-refractivity contribution in [2.24, 2.45) is 82.1 Å². The van der Waals surface area contributed by atoms with E-state index in [0.717, 1.165) is 96.4 Å². The lowest BCUT2D eigenvalue weighted by atomic mass is 9.77. The second-order valence-corrected chi connectivity index (χ2v) is 34.6. The molecule has 0 aromatic heterocycles. The topological polar surface area (TPSA) is 408 Å². The van der Waals surface area contributed by atoms with Crippen LogP contribution in [0.2, 0.25) is 0 Å². The number of unbranched alkanes of at least 4 members (excludes halogenated alkanes) is 3. The number of likely N-dealkylation sites (tertiary alicyclic amines) is 1.